The SMILES string of the molecule is C[C@@H]1CC(C(F)(F)F)CCN1. The lowest BCUT2D eigenvalue weighted by atomic mass is 9.93. The topological polar surface area (TPSA) is 12.0 Å². The minimum atomic E-state index is -3.99. The second-order valence-electron chi connectivity index (χ2n) is 3.12. The van der Waals surface area contributed by atoms with E-state index in [0.717, 1.165) is 0 Å². The normalized spacial score (nSPS) is 33.8. The van der Waals surface area contributed by atoms with Crippen LogP contribution >= 0.6 is 0 Å². The molecular weight excluding hydrogens is 155 g/mol. The fraction of sp³-hybridized carbons (Fsp3) is 1.00. The van der Waals surface area contributed by atoms with Crippen LogP contribution in [0.3, 0.4) is 0 Å². The van der Waals surface area contributed by atoms with E-state index in [4.69, 9.17) is 0 Å². The number of alkyl halides is 3. The summed E-state index contributed by atoms with van der Waals surface area (Å²) in [4.78, 5) is 0. The molecule has 0 aromatic carbocycles. The molecule has 0 spiro atoms. The summed E-state index contributed by atoms with van der Waals surface area (Å²) in [6, 6.07) is 0.00961. The Balaban J connectivity index is 2.46. The minimum absolute atomic E-state index is 0.00961. The molecule has 1 aliphatic heterocycles. The Morgan fingerprint density at radius 3 is 2.36 bits per heavy atom. The van der Waals surface area contributed by atoms with Crippen molar-refractivity contribution in [1.29, 1.82) is 0 Å². The lowest BCUT2D eigenvalue weighted by Gasteiger charge is -2.29. The molecule has 0 saturated carbocycles. The highest BCUT2D eigenvalue weighted by molar-refractivity contribution is 4.79. The van der Waals surface area contributed by atoms with Crippen LogP contribution in [0, 0.1) is 5.92 Å². The summed E-state index contributed by atoms with van der Waals surface area (Å²) in [5.74, 6) is -1.08. The predicted molar refractivity (Wildman–Crippen MR) is 36.2 cm³/mol. The Kier molecular flexibility index (Phi) is 2.42. The Bertz CT molecular complexity index is 132. The van der Waals surface area contributed by atoms with Gasteiger partial charge in [-0.25, -0.2) is 0 Å². The third-order valence-electron chi connectivity index (χ3n) is 2.09. The van der Waals surface area contributed by atoms with Gasteiger partial charge in [0.15, 0.2) is 0 Å². The van der Waals surface area contributed by atoms with E-state index in [1.807, 2.05) is 0 Å². The van der Waals surface area contributed by atoms with Gasteiger partial charge in [0, 0.05) is 6.04 Å². The van der Waals surface area contributed by atoms with Gasteiger partial charge in [-0.3, -0.25) is 0 Å². The third kappa shape index (κ3) is 2.36. The molecule has 2 atom stereocenters. The van der Waals surface area contributed by atoms with Crippen LogP contribution in [0.4, 0.5) is 13.2 Å². The van der Waals surface area contributed by atoms with Gasteiger partial charge in [0.1, 0.15) is 0 Å². The van der Waals surface area contributed by atoms with Crippen LogP contribution in [0.5, 0.6) is 0 Å². The Hall–Kier alpha value is -0.250. The highest BCUT2D eigenvalue weighted by Crippen LogP contribution is 2.33. The number of nitrogens with one attached hydrogen (secondary N) is 1. The van der Waals surface area contributed by atoms with E-state index in [1.165, 1.54) is 0 Å². The van der Waals surface area contributed by atoms with E-state index >= 15 is 0 Å². The van der Waals surface area contributed by atoms with Crippen LogP contribution in [-0.4, -0.2) is 18.8 Å². The molecule has 1 heterocycles. The first-order valence-corrected chi connectivity index (χ1v) is 3.80. The smallest absolute Gasteiger partial charge is 0.314 e. The van der Waals surface area contributed by atoms with Gasteiger partial charge in [-0.1, -0.05) is 0 Å². The summed E-state index contributed by atoms with van der Waals surface area (Å²) in [5.41, 5.74) is 0. The van der Waals surface area contributed by atoms with Crippen LogP contribution in [0.2, 0.25) is 0 Å². The van der Waals surface area contributed by atoms with Crippen molar-refractivity contribution >= 4 is 0 Å². The summed E-state index contributed by atoms with van der Waals surface area (Å²) in [6.45, 7) is 2.28. The molecule has 1 unspecified atom stereocenters. The summed E-state index contributed by atoms with van der Waals surface area (Å²) in [6.07, 6.45) is -3.53. The van der Waals surface area contributed by atoms with E-state index in [1.54, 1.807) is 6.92 Å². The standard InChI is InChI=1S/C7H12F3N/c1-5-4-6(2-3-11-5)7(8,9)10/h5-6,11H,2-4H2,1H3/t5-,6?/m1/s1. The molecule has 0 aromatic heterocycles. The van der Waals surface area contributed by atoms with Crippen LogP contribution in [0.1, 0.15) is 19.8 Å². The molecule has 11 heavy (non-hydrogen) atoms. The predicted octanol–water partition coefficient (Wildman–Crippen LogP) is 1.94. The first-order valence-electron chi connectivity index (χ1n) is 3.80. The molecule has 1 nitrogen and oxygen atoms in total. The van der Waals surface area contributed by atoms with E-state index in [0.29, 0.717) is 6.54 Å². The fourth-order valence-corrected chi connectivity index (χ4v) is 1.43. The monoisotopic (exact) mass is 167 g/mol. The van der Waals surface area contributed by atoms with Gasteiger partial charge in [0.05, 0.1) is 5.92 Å². The van der Waals surface area contributed by atoms with Crippen LogP contribution in [0.15, 0.2) is 0 Å². The number of rotatable bonds is 0. The highest BCUT2D eigenvalue weighted by Gasteiger charge is 2.41. The molecule has 0 aromatic rings. The summed E-state index contributed by atoms with van der Waals surface area (Å²) >= 11 is 0. The van der Waals surface area contributed by atoms with Crippen molar-refractivity contribution in [3.8, 4) is 0 Å². The van der Waals surface area contributed by atoms with E-state index in [2.05, 4.69) is 5.32 Å². The van der Waals surface area contributed by atoms with E-state index in [9.17, 15) is 13.2 Å². The van der Waals surface area contributed by atoms with Crippen molar-refractivity contribution in [2.45, 2.75) is 32.0 Å². The maximum Gasteiger partial charge on any atom is 0.391 e. The lowest BCUT2D eigenvalue weighted by Crippen LogP contribution is -2.41. The molecule has 0 amide bonds. The van der Waals surface area contributed by atoms with Crippen molar-refractivity contribution in [3.63, 3.8) is 0 Å². The van der Waals surface area contributed by atoms with Crippen molar-refractivity contribution in [2.24, 2.45) is 5.92 Å². The number of hydrogen-bond donors (Lipinski definition) is 1. The molecule has 1 rings (SSSR count). The van der Waals surface area contributed by atoms with Crippen molar-refractivity contribution in [2.75, 3.05) is 6.54 Å². The molecule has 0 aliphatic carbocycles. The van der Waals surface area contributed by atoms with Crippen molar-refractivity contribution in [1.82, 2.24) is 5.32 Å². The zero-order valence-corrected chi connectivity index (χ0v) is 6.41. The lowest BCUT2D eigenvalue weighted by molar-refractivity contribution is -0.182. The van der Waals surface area contributed by atoms with Crippen LogP contribution in [0.25, 0.3) is 0 Å². The summed E-state index contributed by atoms with van der Waals surface area (Å²) in [5, 5.41) is 2.98. The minimum Gasteiger partial charge on any atom is -0.314 e. The molecule has 0 bridgehead atoms. The van der Waals surface area contributed by atoms with E-state index < -0.39 is 12.1 Å². The number of halogens is 3. The maximum atomic E-state index is 12.1. The van der Waals surface area contributed by atoms with Gasteiger partial charge in [-0.05, 0) is 26.3 Å². The van der Waals surface area contributed by atoms with Crippen LogP contribution in [-0.2, 0) is 0 Å². The van der Waals surface area contributed by atoms with Gasteiger partial charge >= 0.3 is 6.18 Å². The number of piperidine rings is 1. The first-order chi connectivity index (χ1) is 5.00. The molecule has 66 valence electrons. The second-order valence-corrected chi connectivity index (χ2v) is 3.12. The largest absolute Gasteiger partial charge is 0.391 e. The fourth-order valence-electron chi connectivity index (χ4n) is 1.43. The highest BCUT2D eigenvalue weighted by atomic mass is 19.4. The summed E-state index contributed by atoms with van der Waals surface area (Å²) in [7, 11) is 0. The van der Waals surface area contributed by atoms with Crippen LogP contribution < -0.4 is 5.32 Å². The molecular formula is C7H12F3N. The van der Waals surface area contributed by atoms with Gasteiger partial charge in [-0.15, -0.1) is 0 Å². The quantitative estimate of drug-likeness (QED) is 0.581. The Labute approximate surface area is 64.0 Å². The second kappa shape index (κ2) is 3.01. The van der Waals surface area contributed by atoms with Gasteiger partial charge in [-0.2, -0.15) is 13.2 Å². The maximum absolute atomic E-state index is 12.1. The van der Waals surface area contributed by atoms with E-state index in [-0.39, 0.29) is 18.9 Å². The van der Waals surface area contributed by atoms with Gasteiger partial charge < -0.3 is 5.32 Å². The molecule has 1 saturated heterocycles. The average Bonchev–Trinajstić information content (AvgIpc) is 1.86. The summed E-state index contributed by atoms with van der Waals surface area (Å²) < 4.78 is 36.3. The molecule has 1 N–H and O–H groups in total. The first kappa shape index (κ1) is 8.84. The Morgan fingerprint density at radius 2 is 2.00 bits per heavy atom. The van der Waals surface area contributed by atoms with Crippen molar-refractivity contribution in [3.05, 3.63) is 0 Å². The molecule has 4 heteroatoms. The average molecular weight is 167 g/mol. The Morgan fingerprint density at radius 1 is 1.36 bits per heavy atom. The van der Waals surface area contributed by atoms with Crippen molar-refractivity contribution < 1.29 is 13.2 Å². The third-order valence-corrected chi connectivity index (χ3v) is 2.09. The molecule has 1 fully saturated rings. The zero-order valence-electron chi connectivity index (χ0n) is 6.41. The molecule has 1 aliphatic rings. The number of hydrogen-bond acceptors (Lipinski definition) is 1. The zero-order chi connectivity index (χ0) is 8.48. The van der Waals surface area contributed by atoms with Gasteiger partial charge in [0.25, 0.3) is 0 Å². The molecule has 0 radical (unpaired) electrons. The van der Waals surface area contributed by atoms with Gasteiger partial charge in [0.2, 0.25) is 0 Å².